The van der Waals surface area contributed by atoms with Gasteiger partial charge in [-0.25, -0.2) is 0 Å². The van der Waals surface area contributed by atoms with E-state index in [1.165, 1.54) is 6.07 Å². The summed E-state index contributed by atoms with van der Waals surface area (Å²) >= 11 is 0. The molecule has 17 heavy (non-hydrogen) atoms. The maximum absolute atomic E-state index is 10.8. The molecule has 5 nitrogen and oxygen atoms in total. The second-order valence-corrected chi connectivity index (χ2v) is 4.13. The fourth-order valence-corrected chi connectivity index (χ4v) is 1.61. The van der Waals surface area contributed by atoms with Gasteiger partial charge in [0.05, 0.1) is 4.92 Å². The monoisotopic (exact) mass is 238 g/mol. The van der Waals surface area contributed by atoms with Crippen molar-refractivity contribution >= 4 is 11.4 Å². The highest BCUT2D eigenvalue weighted by molar-refractivity contribution is 5.61. The zero-order valence-corrected chi connectivity index (χ0v) is 9.93. The fraction of sp³-hybridized carbons (Fsp3) is 0.500. The van der Waals surface area contributed by atoms with Crippen LogP contribution in [0.4, 0.5) is 11.4 Å². The molecule has 1 atom stereocenters. The molecule has 0 bridgehead atoms. The van der Waals surface area contributed by atoms with Crippen molar-refractivity contribution in [3.8, 4) is 0 Å². The Morgan fingerprint density at radius 3 is 2.82 bits per heavy atom. The summed E-state index contributed by atoms with van der Waals surface area (Å²) in [7, 11) is 0. The molecular formula is C12H18N2O3. The molecule has 5 heteroatoms. The Labute approximate surface area is 101 Å². The molecule has 0 aromatic heterocycles. The molecule has 1 aromatic carbocycles. The van der Waals surface area contributed by atoms with Crippen LogP contribution in [0.5, 0.6) is 0 Å². The highest BCUT2D eigenvalue weighted by Gasteiger charge is 2.12. The average Bonchev–Trinajstić information content (AvgIpc) is 2.34. The summed E-state index contributed by atoms with van der Waals surface area (Å²) in [6, 6.07) is 6.61. The molecule has 94 valence electrons. The molecule has 1 rings (SSSR count). The van der Waals surface area contributed by atoms with Crippen LogP contribution < -0.4 is 5.32 Å². The molecule has 0 heterocycles. The van der Waals surface area contributed by atoms with Gasteiger partial charge < -0.3 is 10.4 Å². The highest BCUT2D eigenvalue weighted by Crippen LogP contribution is 2.23. The molecule has 0 saturated heterocycles. The minimum Gasteiger partial charge on any atom is -0.396 e. The average molecular weight is 238 g/mol. The molecule has 1 aromatic rings. The summed E-state index contributed by atoms with van der Waals surface area (Å²) in [5.41, 5.74) is 0.648. The van der Waals surface area contributed by atoms with E-state index in [1.807, 2.05) is 0 Å². The Morgan fingerprint density at radius 2 is 2.18 bits per heavy atom. The maximum atomic E-state index is 10.8. The summed E-state index contributed by atoms with van der Waals surface area (Å²) < 4.78 is 0. The van der Waals surface area contributed by atoms with E-state index in [0.717, 1.165) is 12.8 Å². The van der Waals surface area contributed by atoms with E-state index in [1.54, 1.807) is 18.2 Å². The van der Waals surface area contributed by atoms with Gasteiger partial charge >= 0.3 is 0 Å². The molecule has 0 spiro atoms. The van der Waals surface area contributed by atoms with E-state index in [4.69, 9.17) is 5.11 Å². The lowest BCUT2D eigenvalue weighted by molar-refractivity contribution is -0.384. The van der Waals surface area contributed by atoms with Gasteiger partial charge in [0.15, 0.2) is 0 Å². The van der Waals surface area contributed by atoms with E-state index in [9.17, 15) is 10.1 Å². The van der Waals surface area contributed by atoms with Crippen LogP contribution in [-0.2, 0) is 0 Å². The predicted octanol–water partition coefficient (Wildman–Crippen LogP) is 2.42. The number of nitrogens with zero attached hydrogens (tertiary/aromatic N) is 1. The van der Waals surface area contributed by atoms with E-state index in [0.29, 0.717) is 18.2 Å². The van der Waals surface area contributed by atoms with Crippen molar-refractivity contribution in [2.45, 2.75) is 19.8 Å². The van der Waals surface area contributed by atoms with Gasteiger partial charge in [0, 0.05) is 19.2 Å². The zero-order chi connectivity index (χ0) is 12.7. The van der Waals surface area contributed by atoms with Crippen LogP contribution in [0.15, 0.2) is 24.3 Å². The number of para-hydroxylation sites is 2. The Hall–Kier alpha value is -1.62. The number of hydrogen-bond donors (Lipinski definition) is 2. The molecule has 0 saturated carbocycles. The topological polar surface area (TPSA) is 75.4 Å². The van der Waals surface area contributed by atoms with E-state index in [-0.39, 0.29) is 17.2 Å². The van der Waals surface area contributed by atoms with Crippen LogP contribution in [0.25, 0.3) is 0 Å². The van der Waals surface area contributed by atoms with Gasteiger partial charge in [-0.1, -0.05) is 19.1 Å². The van der Waals surface area contributed by atoms with Crippen molar-refractivity contribution in [2.75, 3.05) is 18.5 Å². The third-order valence-corrected chi connectivity index (χ3v) is 2.60. The summed E-state index contributed by atoms with van der Waals surface area (Å²) in [5, 5.41) is 22.6. The Kier molecular flexibility index (Phi) is 5.42. The lowest BCUT2D eigenvalue weighted by atomic mass is 10.1. The minimum absolute atomic E-state index is 0.0989. The third kappa shape index (κ3) is 4.40. The molecule has 0 aliphatic carbocycles. The molecule has 0 unspecified atom stereocenters. The van der Waals surface area contributed by atoms with Crippen molar-refractivity contribution in [1.29, 1.82) is 0 Å². The van der Waals surface area contributed by atoms with Crippen LogP contribution in [0, 0.1) is 16.0 Å². The number of nitro benzene ring substituents is 1. The van der Waals surface area contributed by atoms with Gasteiger partial charge in [0.2, 0.25) is 0 Å². The number of aliphatic hydroxyl groups excluding tert-OH is 1. The SMILES string of the molecule is C[C@H](CCCO)CNc1ccccc1[N+](=O)[O-]. The van der Waals surface area contributed by atoms with Crippen molar-refractivity contribution in [1.82, 2.24) is 0 Å². The number of aliphatic hydroxyl groups is 1. The lowest BCUT2D eigenvalue weighted by Gasteiger charge is -2.12. The van der Waals surface area contributed by atoms with Crippen LogP contribution in [0.3, 0.4) is 0 Å². The molecule has 0 radical (unpaired) electrons. The van der Waals surface area contributed by atoms with E-state index >= 15 is 0 Å². The zero-order valence-electron chi connectivity index (χ0n) is 9.93. The second kappa shape index (κ2) is 6.85. The Bertz CT molecular complexity index is 369. The van der Waals surface area contributed by atoms with Crippen LogP contribution in [0.1, 0.15) is 19.8 Å². The van der Waals surface area contributed by atoms with Crippen molar-refractivity contribution in [3.05, 3.63) is 34.4 Å². The molecule has 0 amide bonds. The Morgan fingerprint density at radius 1 is 1.47 bits per heavy atom. The minimum atomic E-state index is -0.388. The van der Waals surface area contributed by atoms with Gasteiger partial charge in [0.25, 0.3) is 5.69 Å². The normalized spacial score (nSPS) is 12.1. The number of anilines is 1. The van der Waals surface area contributed by atoms with Crippen molar-refractivity contribution in [3.63, 3.8) is 0 Å². The van der Waals surface area contributed by atoms with Gasteiger partial charge in [0.1, 0.15) is 5.69 Å². The second-order valence-electron chi connectivity index (χ2n) is 4.13. The van der Waals surface area contributed by atoms with Gasteiger partial charge in [-0.05, 0) is 24.8 Å². The standard InChI is InChI=1S/C12H18N2O3/c1-10(5-4-8-15)9-13-11-6-2-3-7-12(11)14(16)17/h2-3,6-7,10,13,15H,4-5,8-9H2,1H3/t10-/m1/s1. The van der Waals surface area contributed by atoms with Gasteiger partial charge in [-0.15, -0.1) is 0 Å². The van der Waals surface area contributed by atoms with Crippen molar-refractivity contribution < 1.29 is 10.0 Å². The first kappa shape index (κ1) is 13.4. The molecule has 0 fully saturated rings. The summed E-state index contributed by atoms with van der Waals surface area (Å²) in [6.45, 7) is 2.91. The first-order valence-electron chi connectivity index (χ1n) is 5.73. The van der Waals surface area contributed by atoms with E-state index in [2.05, 4.69) is 12.2 Å². The third-order valence-electron chi connectivity index (χ3n) is 2.60. The van der Waals surface area contributed by atoms with Gasteiger partial charge in [-0.2, -0.15) is 0 Å². The molecule has 0 aliphatic heterocycles. The molecular weight excluding hydrogens is 220 g/mol. The Balaban J connectivity index is 2.54. The largest absolute Gasteiger partial charge is 0.396 e. The first-order valence-corrected chi connectivity index (χ1v) is 5.73. The molecule has 0 aliphatic rings. The summed E-state index contributed by atoms with van der Waals surface area (Å²) in [4.78, 5) is 10.4. The summed E-state index contributed by atoms with van der Waals surface area (Å²) in [6.07, 6.45) is 1.67. The van der Waals surface area contributed by atoms with Crippen molar-refractivity contribution in [2.24, 2.45) is 5.92 Å². The number of nitro groups is 1. The lowest BCUT2D eigenvalue weighted by Crippen LogP contribution is -2.12. The van der Waals surface area contributed by atoms with Gasteiger partial charge in [-0.3, -0.25) is 10.1 Å². The molecule has 2 N–H and O–H groups in total. The number of hydrogen-bond acceptors (Lipinski definition) is 4. The number of benzene rings is 1. The smallest absolute Gasteiger partial charge is 0.292 e. The first-order chi connectivity index (χ1) is 8.15. The predicted molar refractivity (Wildman–Crippen MR) is 67.1 cm³/mol. The van der Waals surface area contributed by atoms with Crippen LogP contribution >= 0.6 is 0 Å². The fourth-order valence-electron chi connectivity index (χ4n) is 1.61. The summed E-state index contributed by atoms with van der Waals surface area (Å²) in [5.74, 6) is 0.377. The number of rotatable bonds is 7. The van der Waals surface area contributed by atoms with Crippen LogP contribution in [-0.4, -0.2) is 23.2 Å². The number of nitrogens with one attached hydrogen (secondary N) is 1. The van der Waals surface area contributed by atoms with E-state index < -0.39 is 0 Å². The maximum Gasteiger partial charge on any atom is 0.292 e. The van der Waals surface area contributed by atoms with Crippen LogP contribution in [0.2, 0.25) is 0 Å². The highest BCUT2D eigenvalue weighted by atomic mass is 16.6. The quantitative estimate of drug-likeness (QED) is 0.565.